The molecular formula is C20H24B3FN6O. The van der Waals surface area contributed by atoms with E-state index in [1.54, 1.807) is 16.8 Å². The molecule has 2 aliphatic heterocycles. The molecule has 0 spiro atoms. The molecular weight excluding hydrogens is 392 g/mol. The fourth-order valence-corrected chi connectivity index (χ4v) is 5.06. The van der Waals surface area contributed by atoms with E-state index in [-0.39, 0.29) is 23.0 Å². The average Bonchev–Trinajstić information content (AvgIpc) is 3.25. The van der Waals surface area contributed by atoms with E-state index in [1.165, 1.54) is 6.20 Å². The molecule has 156 valence electrons. The lowest BCUT2D eigenvalue weighted by atomic mass is 9.38. The highest BCUT2D eigenvalue weighted by Crippen LogP contribution is 2.53. The SMILES string of the molecule is BC1(B)CCN2c3ccn4ncc(c4n3)C(=O)N[C@H](C)CCc3ncc(F)cc3C21B. The zero-order valence-electron chi connectivity index (χ0n) is 18.3. The lowest BCUT2D eigenvalue weighted by Gasteiger charge is -2.46. The van der Waals surface area contributed by atoms with Crippen LogP contribution in [0.4, 0.5) is 10.2 Å². The number of hydrogen-bond donors (Lipinski definition) is 1. The predicted octanol–water partition coefficient (Wildman–Crippen LogP) is -0.594. The summed E-state index contributed by atoms with van der Waals surface area (Å²) in [4.78, 5) is 24.5. The molecule has 1 N–H and O–H groups in total. The molecule has 1 amide bonds. The normalized spacial score (nSPS) is 25.3. The summed E-state index contributed by atoms with van der Waals surface area (Å²) in [5.74, 6) is 0.218. The fourth-order valence-electron chi connectivity index (χ4n) is 5.06. The maximum absolute atomic E-state index is 14.5. The van der Waals surface area contributed by atoms with Gasteiger partial charge in [0.25, 0.3) is 5.91 Å². The Morgan fingerprint density at radius 2 is 2.10 bits per heavy atom. The van der Waals surface area contributed by atoms with E-state index in [0.29, 0.717) is 24.1 Å². The van der Waals surface area contributed by atoms with Crippen LogP contribution in [0.5, 0.6) is 0 Å². The summed E-state index contributed by atoms with van der Waals surface area (Å²) in [5.41, 5.74) is 2.22. The zero-order valence-corrected chi connectivity index (χ0v) is 18.3. The first-order chi connectivity index (χ1) is 14.7. The highest BCUT2D eigenvalue weighted by Gasteiger charge is 2.52. The zero-order chi connectivity index (χ0) is 22.0. The predicted molar refractivity (Wildman–Crippen MR) is 124 cm³/mol. The number of rotatable bonds is 0. The molecule has 0 radical (unpaired) electrons. The Labute approximate surface area is 183 Å². The van der Waals surface area contributed by atoms with E-state index in [4.69, 9.17) is 4.98 Å². The lowest BCUT2D eigenvalue weighted by molar-refractivity contribution is 0.0940. The summed E-state index contributed by atoms with van der Waals surface area (Å²) in [6.07, 6.45) is 6.95. The van der Waals surface area contributed by atoms with Crippen molar-refractivity contribution in [3.8, 4) is 0 Å². The first-order valence-corrected chi connectivity index (χ1v) is 10.8. The molecule has 7 nitrogen and oxygen atoms in total. The van der Waals surface area contributed by atoms with Gasteiger partial charge in [-0.2, -0.15) is 5.10 Å². The van der Waals surface area contributed by atoms with Gasteiger partial charge in [0, 0.05) is 29.9 Å². The number of fused-ring (bicyclic) bond motifs is 5. The summed E-state index contributed by atoms with van der Waals surface area (Å²) < 4.78 is 16.1. The van der Waals surface area contributed by atoms with Crippen molar-refractivity contribution in [1.29, 1.82) is 0 Å². The van der Waals surface area contributed by atoms with Crippen LogP contribution in [0.3, 0.4) is 0 Å². The number of nitrogens with zero attached hydrogens (tertiary/aromatic N) is 5. The van der Waals surface area contributed by atoms with Gasteiger partial charge in [-0.3, -0.25) is 9.78 Å². The number of aromatic nitrogens is 4. The van der Waals surface area contributed by atoms with E-state index >= 15 is 0 Å². The van der Waals surface area contributed by atoms with Gasteiger partial charge in [0.2, 0.25) is 0 Å². The summed E-state index contributed by atoms with van der Waals surface area (Å²) >= 11 is 0. The minimum atomic E-state index is -0.516. The van der Waals surface area contributed by atoms with Gasteiger partial charge in [0.15, 0.2) is 5.65 Å². The quantitative estimate of drug-likeness (QED) is 0.497. The topological polar surface area (TPSA) is 75.4 Å². The number of carbonyl (C=O) groups excluding carboxylic acids is 1. The Balaban J connectivity index is 1.78. The molecule has 0 saturated carbocycles. The second-order valence-electron chi connectivity index (χ2n) is 9.53. The van der Waals surface area contributed by atoms with Gasteiger partial charge in [-0.25, -0.2) is 13.9 Å². The monoisotopic (exact) mass is 416 g/mol. The highest BCUT2D eigenvalue weighted by atomic mass is 19.1. The Morgan fingerprint density at radius 3 is 2.90 bits per heavy atom. The molecule has 2 bridgehead atoms. The van der Waals surface area contributed by atoms with Crippen molar-refractivity contribution in [3.63, 3.8) is 0 Å². The van der Waals surface area contributed by atoms with E-state index in [1.807, 2.05) is 19.2 Å². The smallest absolute Gasteiger partial charge is 0.256 e. The molecule has 2 aliphatic rings. The van der Waals surface area contributed by atoms with Crippen molar-refractivity contribution in [3.05, 3.63) is 53.4 Å². The maximum atomic E-state index is 14.5. The van der Waals surface area contributed by atoms with Crippen molar-refractivity contribution in [2.75, 3.05) is 11.4 Å². The lowest BCUT2D eigenvalue weighted by Crippen LogP contribution is -2.50. The molecule has 5 rings (SSSR count). The van der Waals surface area contributed by atoms with Gasteiger partial charge in [-0.15, -0.1) is 0 Å². The van der Waals surface area contributed by atoms with Crippen LogP contribution in [-0.2, 0) is 11.9 Å². The number of anilines is 1. The van der Waals surface area contributed by atoms with Crippen LogP contribution in [0, 0.1) is 5.82 Å². The first kappa shape index (κ1) is 20.1. The number of carbonyl (C=O) groups is 1. The summed E-state index contributed by atoms with van der Waals surface area (Å²) in [6.45, 7) is 2.74. The van der Waals surface area contributed by atoms with E-state index in [0.717, 1.165) is 30.0 Å². The molecule has 3 aromatic heterocycles. The van der Waals surface area contributed by atoms with E-state index in [9.17, 15) is 9.18 Å². The van der Waals surface area contributed by atoms with Crippen LogP contribution in [0.25, 0.3) is 5.65 Å². The van der Waals surface area contributed by atoms with Crippen molar-refractivity contribution in [1.82, 2.24) is 24.9 Å². The number of pyridine rings is 1. The van der Waals surface area contributed by atoms with Gasteiger partial charge in [0.05, 0.1) is 12.4 Å². The minimum Gasteiger partial charge on any atom is -0.355 e. The Morgan fingerprint density at radius 1 is 1.29 bits per heavy atom. The van der Waals surface area contributed by atoms with Gasteiger partial charge < -0.3 is 10.2 Å². The number of nitrogens with one attached hydrogen (secondary N) is 1. The molecule has 1 fully saturated rings. The molecule has 1 saturated heterocycles. The fraction of sp³-hybridized carbons (Fsp3) is 0.400. The van der Waals surface area contributed by atoms with Crippen molar-refractivity contribution in [2.24, 2.45) is 0 Å². The minimum absolute atomic E-state index is 0.0772. The molecule has 3 aromatic rings. The molecule has 31 heavy (non-hydrogen) atoms. The van der Waals surface area contributed by atoms with Gasteiger partial charge >= 0.3 is 0 Å². The maximum Gasteiger partial charge on any atom is 0.256 e. The van der Waals surface area contributed by atoms with Gasteiger partial charge in [0.1, 0.15) is 40.7 Å². The second-order valence-corrected chi connectivity index (χ2v) is 9.53. The third kappa shape index (κ3) is 2.97. The van der Waals surface area contributed by atoms with Gasteiger partial charge in [-0.1, -0.05) is 5.21 Å². The van der Waals surface area contributed by atoms with Crippen molar-refractivity contribution < 1.29 is 9.18 Å². The van der Waals surface area contributed by atoms with Crippen molar-refractivity contribution in [2.45, 2.75) is 42.9 Å². The third-order valence-corrected chi connectivity index (χ3v) is 7.35. The molecule has 5 heterocycles. The van der Waals surface area contributed by atoms with E-state index < -0.39 is 5.44 Å². The summed E-state index contributed by atoms with van der Waals surface area (Å²) in [7, 11) is 6.60. The molecule has 0 aliphatic carbocycles. The van der Waals surface area contributed by atoms with Crippen LogP contribution in [-0.4, -0.2) is 61.6 Å². The Kier molecular flexibility index (Phi) is 4.43. The van der Waals surface area contributed by atoms with E-state index in [2.05, 4.69) is 43.8 Å². The van der Waals surface area contributed by atoms with Crippen LogP contribution >= 0.6 is 0 Å². The van der Waals surface area contributed by atoms with Crippen LogP contribution in [0.1, 0.15) is 41.4 Å². The molecule has 0 aromatic carbocycles. The first-order valence-electron chi connectivity index (χ1n) is 10.8. The molecule has 1 unspecified atom stereocenters. The van der Waals surface area contributed by atoms with Crippen LogP contribution in [0.2, 0.25) is 5.21 Å². The molecule has 2 atom stereocenters. The highest BCUT2D eigenvalue weighted by molar-refractivity contribution is 6.46. The number of amides is 1. The van der Waals surface area contributed by atoms with Crippen molar-refractivity contribution >= 4 is 40.9 Å². The summed E-state index contributed by atoms with van der Waals surface area (Å²) in [5, 5.41) is 7.20. The summed E-state index contributed by atoms with van der Waals surface area (Å²) in [6, 6.07) is 3.47. The van der Waals surface area contributed by atoms with Gasteiger partial charge in [-0.05, 0) is 43.9 Å². The number of aryl methyl sites for hydroxylation is 1. The Bertz CT molecular complexity index is 1200. The number of hydrogen-bond acceptors (Lipinski definition) is 5. The molecule has 11 heteroatoms. The average molecular weight is 416 g/mol. The second kappa shape index (κ2) is 6.83. The Hall–Kier alpha value is -2.84. The number of halogens is 1. The van der Waals surface area contributed by atoms with Crippen LogP contribution in [0.15, 0.2) is 30.7 Å². The largest absolute Gasteiger partial charge is 0.355 e. The van der Waals surface area contributed by atoms with Crippen LogP contribution < -0.4 is 10.2 Å². The standard InChI is InChI=1S/C20H24B3FN6O/c1-11-2-3-15-14(8-12(24)9-25-15)20(23)19(21,22)5-7-29(20)16-4-6-30-17(28-16)13(10-26-30)18(31)27-11/h4,6,8-11H,2-3,5,7,21-23H2,1H3,(H,27,31)/t11-,20?/m1/s1. The third-order valence-electron chi connectivity index (χ3n) is 7.35.